The molecule has 1 aromatic rings. The van der Waals surface area contributed by atoms with Crippen LogP contribution < -0.4 is 10.1 Å². The number of esters is 1. The lowest BCUT2D eigenvalue weighted by Gasteiger charge is -2.10. The highest BCUT2D eigenvalue weighted by molar-refractivity contribution is 8.18. The Morgan fingerprint density at radius 1 is 1.30 bits per heavy atom. The quantitative estimate of drug-likeness (QED) is 0.510. The van der Waals surface area contributed by atoms with Gasteiger partial charge in [-0.05, 0) is 48.4 Å². The second kappa shape index (κ2) is 6.76. The van der Waals surface area contributed by atoms with E-state index < -0.39 is 11.1 Å². The van der Waals surface area contributed by atoms with Crippen molar-refractivity contribution in [2.75, 3.05) is 0 Å². The van der Waals surface area contributed by atoms with Crippen molar-refractivity contribution in [1.82, 2.24) is 5.32 Å². The molecule has 0 bridgehead atoms. The summed E-state index contributed by atoms with van der Waals surface area (Å²) in [4.78, 5) is 35.0. The first-order valence-electron chi connectivity index (χ1n) is 7.29. The number of hydrogen-bond acceptors (Lipinski definition) is 5. The number of hydrogen-bond donors (Lipinski definition) is 1. The molecule has 1 saturated heterocycles. The normalized spacial score (nSPS) is 20.1. The van der Waals surface area contributed by atoms with E-state index in [2.05, 4.69) is 5.32 Å². The number of thioether (sulfide) groups is 1. The summed E-state index contributed by atoms with van der Waals surface area (Å²) in [5, 5.41) is 2.08. The summed E-state index contributed by atoms with van der Waals surface area (Å²) in [6.07, 6.45) is 5.40. The fourth-order valence-electron chi connectivity index (χ4n) is 2.62. The zero-order valence-corrected chi connectivity index (χ0v) is 13.7. The Bertz CT molecular complexity index is 710. The molecule has 0 spiro atoms. The molecular formula is C16H14ClNO4S. The highest BCUT2D eigenvalue weighted by Gasteiger charge is 2.26. The van der Waals surface area contributed by atoms with Crippen LogP contribution in [-0.4, -0.2) is 17.1 Å². The van der Waals surface area contributed by atoms with Crippen molar-refractivity contribution in [3.63, 3.8) is 0 Å². The van der Waals surface area contributed by atoms with Gasteiger partial charge in [0.1, 0.15) is 5.75 Å². The molecular weight excluding hydrogens is 338 g/mol. The van der Waals surface area contributed by atoms with Crippen LogP contribution in [0.4, 0.5) is 4.79 Å². The summed E-state index contributed by atoms with van der Waals surface area (Å²) in [5.74, 6) is -0.400. The van der Waals surface area contributed by atoms with Crippen LogP contribution in [0.1, 0.15) is 31.2 Å². The Morgan fingerprint density at radius 3 is 2.65 bits per heavy atom. The van der Waals surface area contributed by atoms with Crippen molar-refractivity contribution >= 4 is 46.6 Å². The summed E-state index contributed by atoms with van der Waals surface area (Å²) >= 11 is 6.99. The average molecular weight is 352 g/mol. The van der Waals surface area contributed by atoms with Gasteiger partial charge in [-0.2, -0.15) is 0 Å². The molecule has 0 atom stereocenters. The van der Waals surface area contributed by atoms with E-state index in [4.69, 9.17) is 16.3 Å². The number of rotatable bonds is 3. The maximum absolute atomic E-state index is 12.0. The van der Waals surface area contributed by atoms with Gasteiger partial charge < -0.3 is 4.74 Å². The van der Waals surface area contributed by atoms with Crippen LogP contribution in [0.25, 0.3) is 6.08 Å². The lowest BCUT2D eigenvalue weighted by Crippen LogP contribution is -2.18. The molecule has 1 aliphatic carbocycles. The molecule has 0 radical (unpaired) electrons. The number of halogens is 1. The van der Waals surface area contributed by atoms with Crippen LogP contribution in [0.2, 0.25) is 5.02 Å². The van der Waals surface area contributed by atoms with Gasteiger partial charge in [-0.1, -0.05) is 30.5 Å². The van der Waals surface area contributed by atoms with Crippen molar-refractivity contribution in [2.45, 2.75) is 25.7 Å². The Balaban J connectivity index is 1.73. The fourth-order valence-corrected chi connectivity index (χ4v) is 3.53. The van der Waals surface area contributed by atoms with Crippen molar-refractivity contribution in [2.24, 2.45) is 5.92 Å². The minimum absolute atomic E-state index is 0.0440. The van der Waals surface area contributed by atoms with Gasteiger partial charge in [-0.15, -0.1) is 0 Å². The zero-order chi connectivity index (χ0) is 16.4. The third-order valence-electron chi connectivity index (χ3n) is 3.79. The van der Waals surface area contributed by atoms with E-state index in [1.165, 1.54) is 0 Å². The third-order valence-corrected chi connectivity index (χ3v) is 4.90. The van der Waals surface area contributed by atoms with Gasteiger partial charge in [0.25, 0.3) is 11.1 Å². The van der Waals surface area contributed by atoms with E-state index in [9.17, 15) is 14.4 Å². The van der Waals surface area contributed by atoms with Crippen LogP contribution in [0.15, 0.2) is 23.1 Å². The molecule has 1 aliphatic heterocycles. The molecule has 1 saturated carbocycles. The second-order valence-electron chi connectivity index (χ2n) is 5.44. The summed E-state index contributed by atoms with van der Waals surface area (Å²) < 4.78 is 5.36. The Morgan fingerprint density at radius 2 is 2.04 bits per heavy atom. The van der Waals surface area contributed by atoms with Gasteiger partial charge in [0.2, 0.25) is 0 Å². The maximum Gasteiger partial charge on any atom is 0.314 e. The lowest BCUT2D eigenvalue weighted by atomic mass is 10.1. The average Bonchev–Trinajstić information content (AvgIpc) is 3.12. The minimum atomic E-state index is -0.423. The molecule has 1 heterocycles. The summed E-state index contributed by atoms with van der Waals surface area (Å²) in [6.45, 7) is 0. The molecule has 3 rings (SSSR count). The number of benzene rings is 1. The number of ether oxygens (including phenoxy) is 1. The standard InChI is InChI=1S/C16H14ClNO4S/c17-11-7-9(8-13-14(19)18-16(21)23-13)5-6-12(11)22-15(20)10-3-1-2-4-10/h5-8,10H,1-4H2,(H,18,19,21). The molecule has 1 N–H and O–H groups in total. The zero-order valence-electron chi connectivity index (χ0n) is 12.1. The Hall–Kier alpha value is -1.79. The van der Waals surface area contributed by atoms with E-state index >= 15 is 0 Å². The van der Waals surface area contributed by atoms with Gasteiger partial charge in [0.05, 0.1) is 15.8 Å². The molecule has 23 heavy (non-hydrogen) atoms. The molecule has 1 aromatic carbocycles. The largest absolute Gasteiger partial charge is 0.425 e. The molecule has 0 aromatic heterocycles. The molecule has 5 nitrogen and oxygen atoms in total. The van der Waals surface area contributed by atoms with Crippen molar-refractivity contribution < 1.29 is 19.1 Å². The summed E-state index contributed by atoms with van der Waals surface area (Å²) in [6, 6.07) is 4.89. The van der Waals surface area contributed by atoms with Crippen LogP contribution in [0.3, 0.4) is 0 Å². The first-order chi connectivity index (χ1) is 11.0. The van der Waals surface area contributed by atoms with Gasteiger partial charge in [0.15, 0.2) is 0 Å². The monoisotopic (exact) mass is 351 g/mol. The number of imide groups is 1. The van der Waals surface area contributed by atoms with Gasteiger partial charge >= 0.3 is 5.97 Å². The summed E-state index contributed by atoms with van der Waals surface area (Å²) in [5.41, 5.74) is 0.656. The molecule has 2 aliphatic rings. The number of amides is 2. The predicted molar refractivity (Wildman–Crippen MR) is 88.2 cm³/mol. The maximum atomic E-state index is 12.0. The minimum Gasteiger partial charge on any atom is -0.425 e. The van der Waals surface area contributed by atoms with Crippen LogP contribution in [0, 0.1) is 5.92 Å². The van der Waals surface area contributed by atoms with Gasteiger partial charge in [-0.3, -0.25) is 19.7 Å². The topological polar surface area (TPSA) is 72.5 Å². The number of carbonyl (C=O) groups excluding carboxylic acids is 3. The number of nitrogens with one attached hydrogen (secondary N) is 1. The van der Waals surface area contributed by atoms with E-state index in [0.29, 0.717) is 21.2 Å². The molecule has 0 unspecified atom stereocenters. The van der Waals surface area contributed by atoms with Crippen LogP contribution in [0.5, 0.6) is 5.75 Å². The van der Waals surface area contributed by atoms with Crippen molar-refractivity contribution in [3.8, 4) is 5.75 Å². The van der Waals surface area contributed by atoms with Crippen LogP contribution in [-0.2, 0) is 9.59 Å². The molecule has 2 fully saturated rings. The SMILES string of the molecule is O=C1NC(=O)C(=Cc2ccc(OC(=O)C3CCCC3)c(Cl)c2)S1. The third kappa shape index (κ3) is 3.76. The molecule has 120 valence electrons. The molecule has 7 heteroatoms. The fraction of sp³-hybridized carbons (Fsp3) is 0.312. The van der Waals surface area contributed by atoms with E-state index in [-0.39, 0.29) is 11.9 Å². The lowest BCUT2D eigenvalue weighted by molar-refractivity contribution is -0.138. The molecule has 2 amide bonds. The van der Waals surface area contributed by atoms with Gasteiger partial charge in [0, 0.05) is 0 Å². The highest BCUT2D eigenvalue weighted by atomic mass is 35.5. The first kappa shape index (κ1) is 16.1. The Labute approximate surface area is 142 Å². The highest BCUT2D eigenvalue weighted by Crippen LogP contribution is 2.32. The Kier molecular flexibility index (Phi) is 4.73. The van der Waals surface area contributed by atoms with Gasteiger partial charge in [-0.25, -0.2) is 0 Å². The first-order valence-corrected chi connectivity index (χ1v) is 8.48. The van der Waals surface area contributed by atoms with E-state index in [1.54, 1.807) is 24.3 Å². The van der Waals surface area contributed by atoms with E-state index in [0.717, 1.165) is 37.4 Å². The van der Waals surface area contributed by atoms with Crippen LogP contribution >= 0.6 is 23.4 Å². The predicted octanol–water partition coefficient (Wildman–Crippen LogP) is 3.76. The smallest absolute Gasteiger partial charge is 0.314 e. The second-order valence-corrected chi connectivity index (χ2v) is 6.87. The number of carbonyl (C=O) groups is 3. The van der Waals surface area contributed by atoms with E-state index in [1.807, 2.05) is 0 Å². The summed E-state index contributed by atoms with van der Waals surface area (Å²) in [7, 11) is 0. The van der Waals surface area contributed by atoms with Crippen molar-refractivity contribution in [3.05, 3.63) is 33.7 Å². The van der Waals surface area contributed by atoms with Crippen molar-refractivity contribution in [1.29, 1.82) is 0 Å².